The summed E-state index contributed by atoms with van der Waals surface area (Å²) in [6.45, 7) is 0. The van der Waals surface area contributed by atoms with Gasteiger partial charge in [-0.3, -0.25) is 0 Å². The number of fused-ring (bicyclic) bond motifs is 1. The Labute approximate surface area is 123 Å². The van der Waals surface area contributed by atoms with E-state index >= 15 is 0 Å². The molecule has 0 amide bonds. The van der Waals surface area contributed by atoms with Crippen molar-refractivity contribution in [3.05, 3.63) is 35.6 Å². The average Bonchev–Trinajstić information content (AvgIpc) is 2.95. The summed E-state index contributed by atoms with van der Waals surface area (Å²) < 4.78 is 13.3. The second-order valence-electron chi connectivity index (χ2n) is 7.67. The number of carbonyl (C=O) groups excluding carboxylic acids is 1. The smallest absolute Gasteiger partial charge is 0.123 e. The fourth-order valence-electron chi connectivity index (χ4n) is 7.06. The van der Waals surface area contributed by atoms with Gasteiger partial charge < -0.3 is 9.90 Å². The van der Waals surface area contributed by atoms with Gasteiger partial charge in [-0.05, 0) is 66.0 Å². The van der Waals surface area contributed by atoms with E-state index < -0.39 is 0 Å². The molecule has 0 radical (unpaired) electrons. The molecule has 0 aromatic heterocycles. The molecular weight excluding hydrogens is 267 g/mol. The summed E-state index contributed by atoms with van der Waals surface area (Å²) in [4.78, 5) is 11.3. The fraction of sp³-hybridized carbons (Fsp3) is 0.611. The molecule has 1 aromatic rings. The summed E-state index contributed by atoms with van der Waals surface area (Å²) in [7, 11) is 0. The number of aldehydes is 1. The van der Waals surface area contributed by atoms with Gasteiger partial charge in [0.15, 0.2) is 0 Å². The molecule has 0 heterocycles. The van der Waals surface area contributed by atoms with Crippen LogP contribution in [0.25, 0.3) is 0 Å². The largest absolute Gasteiger partial charge is 0.393 e. The van der Waals surface area contributed by atoms with Gasteiger partial charge in [-0.15, -0.1) is 0 Å². The Kier molecular flexibility index (Phi) is 2.10. The number of aliphatic hydroxyl groups is 1. The van der Waals surface area contributed by atoms with Gasteiger partial charge in [0.25, 0.3) is 0 Å². The highest BCUT2D eigenvalue weighted by Gasteiger charge is 2.84. The van der Waals surface area contributed by atoms with E-state index in [4.69, 9.17) is 0 Å². The van der Waals surface area contributed by atoms with E-state index in [1.807, 2.05) is 12.1 Å². The predicted molar refractivity (Wildman–Crippen MR) is 75.0 cm³/mol. The van der Waals surface area contributed by atoms with E-state index in [1.54, 1.807) is 0 Å². The van der Waals surface area contributed by atoms with Crippen LogP contribution in [0.3, 0.4) is 0 Å². The first-order chi connectivity index (χ1) is 10.1. The Morgan fingerprint density at radius 1 is 1.24 bits per heavy atom. The maximum atomic E-state index is 13.3. The second kappa shape index (κ2) is 3.57. The molecule has 2 nitrogen and oxygen atoms in total. The number of aliphatic hydroxyl groups excluding tert-OH is 1. The van der Waals surface area contributed by atoms with Crippen molar-refractivity contribution in [3.8, 4) is 0 Å². The summed E-state index contributed by atoms with van der Waals surface area (Å²) in [5, 5.41) is 10.3. The third-order valence-corrected chi connectivity index (χ3v) is 7.57. The summed E-state index contributed by atoms with van der Waals surface area (Å²) in [6.07, 6.45) is 4.71. The minimum atomic E-state index is -0.219. The van der Waals surface area contributed by atoms with Crippen LogP contribution in [0.2, 0.25) is 0 Å². The average molecular weight is 286 g/mol. The number of rotatable bonds is 3. The van der Waals surface area contributed by atoms with Crippen molar-refractivity contribution >= 4 is 6.29 Å². The molecule has 2 bridgehead atoms. The van der Waals surface area contributed by atoms with Crippen LogP contribution in [-0.2, 0) is 10.2 Å². The minimum absolute atomic E-state index is 0.0825. The Morgan fingerprint density at radius 3 is 2.62 bits per heavy atom. The lowest BCUT2D eigenvalue weighted by molar-refractivity contribution is -0.269. The van der Waals surface area contributed by atoms with Crippen molar-refractivity contribution in [1.82, 2.24) is 0 Å². The first kappa shape index (κ1) is 12.3. The van der Waals surface area contributed by atoms with Crippen molar-refractivity contribution in [3.63, 3.8) is 0 Å². The summed E-state index contributed by atoms with van der Waals surface area (Å²) in [5.74, 6) is 1.70. The lowest BCUT2D eigenvalue weighted by atomic mass is 9.26. The molecule has 7 atom stereocenters. The van der Waals surface area contributed by atoms with Crippen LogP contribution in [0.4, 0.5) is 4.39 Å². The van der Waals surface area contributed by atoms with Crippen molar-refractivity contribution < 1.29 is 14.3 Å². The van der Waals surface area contributed by atoms with Gasteiger partial charge in [0.2, 0.25) is 0 Å². The number of halogens is 1. The van der Waals surface area contributed by atoms with Crippen LogP contribution in [-0.4, -0.2) is 17.5 Å². The maximum absolute atomic E-state index is 13.3. The van der Waals surface area contributed by atoms with Gasteiger partial charge in [0, 0.05) is 11.8 Å². The highest BCUT2D eigenvalue weighted by atomic mass is 19.1. The third-order valence-electron chi connectivity index (χ3n) is 7.57. The molecule has 4 aliphatic carbocycles. The summed E-state index contributed by atoms with van der Waals surface area (Å²) >= 11 is 0. The second-order valence-corrected chi connectivity index (χ2v) is 7.67. The number of hydrogen-bond donors (Lipinski definition) is 1. The Balaban J connectivity index is 1.61. The highest BCUT2D eigenvalue weighted by molar-refractivity contribution is 5.58. The maximum Gasteiger partial charge on any atom is 0.123 e. The van der Waals surface area contributed by atoms with Gasteiger partial charge in [-0.2, -0.15) is 0 Å². The highest BCUT2D eigenvalue weighted by Crippen LogP contribution is 2.87. The van der Waals surface area contributed by atoms with Crippen LogP contribution >= 0.6 is 0 Å². The van der Waals surface area contributed by atoms with E-state index in [0.29, 0.717) is 35.5 Å². The lowest BCUT2D eigenvalue weighted by Gasteiger charge is -2.77. The van der Waals surface area contributed by atoms with E-state index in [-0.39, 0.29) is 17.3 Å². The monoisotopic (exact) mass is 286 g/mol. The normalized spacial score (nSPS) is 52.0. The van der Waals surface area contributed by atoms with E-state index in [0.717, 1.165) is 31.1 Å². The van der Waals surface area contributed by atoms with Crippen LogP contribution in [0.15, 0.2) is 24.3 Å². The molecular formula is C18H19FO2. The minimum Gasteiger partial charge on any atom is -0.393 e. The zero-order chi connectivity index (χ0) is 14.4. The first-order valence-corrected chi connectivity index (χ1v) is 8.02. The van der Waals surface area contributed by atoms with Crippen molar-refractivity contribution in [2.24, 2.45) is 29.1 Å². The molecule has 110 valence electrons. The fourth-order valence-corrected chi connectivity index (χ4v) is 7.06. The zero-order valence-corrected chi connectivity index (χ0v) is 11.8. The lowest BCUT2D eigenvalue weighted by Crippen LogP contribution is -2.75. The summed E-state index contributed by atoms with van der Waals surface area (Å²) in [5.41, 5.74) is 1.36. The van der Waals surface area contributed by atoms with Gasteiger partial charge in [-0.1, -0.05) is 12.1 Å². The van der Waals surface area contributed by atoms with Crippen LogP contribution < -0.4 is 0 Å². The molecule has 4 fully saturated rings. The molecule has 4 saturated carbocycles. The molecule has 5 rings (SSSR count). The van der Waals surface area contributed by atoms with Crippen molar-refractivity contribution in [1.29, 1.82) is 0 Å². The summed E-state index contributed by atoms with van der Waals surface area (Å²) in [6, 6.07) is 6.79. The van der Waals surface area contributed by atoms with E-state index in [9.17, 15) is 14.3 Å². The third kappa shape index (κ3) is 1.09. The Morgan fingerprint density at radius 2 is 1.95 bits per heavy atom. The quantitative estimate of drug-likeness (QED) is 0.867. The van der Waals surface area contributed by atoms with E-state index in [1.165, 1.54) is 12.1 Å². The standard InChI is InChI=1S/C18H19FO2/c19-12-3-1-11(2-4-12)17(5-6-20)14-7-10-9-18(14)13(16(10)21)8-15(17)18/h1-4,6,10,13-16,21H,5,7-9H2/t10?,13?,14?,15?,16-,17?,18?/m1/s1. The van der Waals surface area contributed by atoms with Crippen molar-refractivity contribution in [2.45, 2.75) is 37.2 Å². The van der Waals surface area contributed by atoms with Crippen LogP contribution in [0, 0.1) is 34.9 Å². The van der Waals surface area contributed by atoms with Gasteiger partial charge in [0.05, 0.1) is 6.10 Å². The van der Waals surface area contributed by atoms with E-state index in [2.05, 4.69) is 0 Å². The van der Waals surface area contributed by atoms with Crippen molar-refractivity contribution in [2.75, 3.05) is 0 Å². The number of hydrogen-bond acceptors (Lipinski definition) is 2. The SMILES string of the molecule is O=CCC1(c2ccc(F)cc2)C2CC3CC24C(CC14)[C@@H]3O. The Hall–Kier alpha value is -1.22. The van der Waals surface area contributed by atoms with Gasteiger partial charge in [-0.25, -0.2) is 4.39 Å². The van der Waals surface area contributed by atoms with Gasteiger partial charge >= 0.3 is 0 Å². The van der Waals surface area contributed by atoms with Crippen LogP contribution in [0.5, 0.6) is 0 Å². The zero-order valence-electron chi connectivity index (χ0n) is 11.8. The Bertz CT molecular complexity index is 627. The molecule has 0 aliphatic heterocycles. The van der Waals surface area contributed by atoms with Crippen LogP contribution in [0.1, 0.15) is 31.2 Å². The molecule has 3 heteroatoms. The molecule has 1 N–H and O–H groups in total. The van der Waals surface area contributed by atoms with Gasteiger partial charge in [0.1, 0.15) is 12.1 Å². The first-order valence-electron chi connectivity index (χ1n) is 8.02. The molecule has 4 aliphatic rings. The topological polar surface area (TPSA) is 37.3 Å². The molecule has 21 heavy (non-hydrogen) atoms. The molecule has 1 spiro atoms. The molecule has 0 saturated heterocycles. The number of benzene rings is 1. The molecule has 1 aromatic carbocycles. The number of carbonyl (C=O) groups is 1. The predicted octanol–water partition coefficient (Wildman–Crippen LogP) is 2.69. The molecule has 6 unspecified atom stereocenters.